The molecule has 6 heteroatoms. The molecule has 69 heavy (non-hydrogen) atoms. The van der Waals surface area contributed by atoms with Crippen molar-refractivity contribution in [3.8, 4) is 0 Å². The summed E-state index contributed by atoms with van der Waals surface area (Å²) in [5, 5.41) is 0. The van der Waals surface area contributed by atoms with Gasteiger partial charge in [0.15, 0.2) is 6.10 Å². The third-order valence-corrected chi connectivity index (χ3v) is 12.1. The lowest BCUT2D eigenvalue weighted by atomic mass is 10.1. The second-order valence-electron chi connectivity index (χ2n) is 18.8. The van der Waals surface area contributed by atoms with E-state index in [9.17, 15) is 14.4 Å². The Labute approximate surface area is 426 Å². The average Bonchev–Trinajstić information content (AvgIpc) is 3.35. The van der Waals surface area contributed by atoms with Crippen molar-refractivity contribution in [3.63, 3.8) is 0 Å². The summed E-state index contributed by atoms with van der Waals surface area (Å²) >= 11 is 0. The Morgan fingerprint density at radius 2 is 0.623 bits per heavy atom. The van der Waals surface area contributed by atoms with Crippen LogP contribution in [0.4, 0.5) is 0 Å². The van der Waals surface area contributed by atoms with Crippen molar-refractivity contribution in [1.82, 2.24) is 0 Å². The minimum Gasteiger partial charge on any atom is -0.462 e. The van der Waals surface area contributed by atoms with Crippen LogP contribution in [0, 0.1) is 0 Å². The van der Waals surface area contributed by atoms with E-state index in [2.05, 4.69) is 106 Å². The van der Waals surface area contributed by atoms with Gasteiger partial charge in [-0.1, -0.05) is 240 Å². The fourth-order valence-corrected chi connectivity index (χ4v) is 7.78. The summed E-state index contributed by atoms with van der Waals surface area (Å²) in [6.07, 6.45) is 75.6. The van der Waals surface area contributed by atoms with E-state index < -0.39 is 12.1 Å². The zero-order chi connectivity index (χ0) is 50.0. The maximum absolute atomic E-state index is 12.9. The number of carbonyl (C=O) groups is 3. The van der Waals surface area contributed by atoms with Crippen molar-refractivity contribution in [3.05, 3.63) is 97.2 Å². The normalized spacial score (nSPS) is 12.8. The van der Waals surface area contributed by atoms with Crippen LogP contribution in [0.1, 0.15) is 265 Å². The first-order valence-corrected chi connectivity index (χ1v) is 28.7. The fourth-order valence-electron chi connectivity index (χ4n) is 7.78. The molecule has 1 atom stereocenters. The monoisotopic (exact) mass is 959 g/mol. The third kappa shape index (κ3) is 55.1. The number of esters is 3. The summed E-state index contributed by atoms with van der Waals surface area (Å²) in [5.41, 5.74) is 0. The first-order valence-electron chi connectivity index (χ1n) is 28.7. The first-order chi connectivity index (χ1) is 34.0. The molecule has 0 saturated carbocycles. The number of hydrogen-bond donors (Lipinski definition) is 0. The van der Waals surface area contributed by atoms with E-state index in [0.29, 0.717) is 12.8 Å². The van der Waals surface area contributed by atoms with Crippen molar-refractivity contribution < 1.29 is 28.6 Å². The van der Waals surface area contributed by atoms with Crippen molar-refractivity contribution in [1.29, 1.82) is 0 Å². The van der Waals surface area contributed by atoms with Gasteiger partial charge in [0.25, 0.3) is 0 Å². The van der Waals surface area contributed by atoms with Crippen molar-refractivity contribution in [2.45, 2.75) is 271 Å². The SMILES string of the molecule is CC/C=C\C/C=C\C/C=C\C/C=C\C/C=C\CC(=O)OCC(COC(=O)CCCCCCCCC/C=C\C/C=C\CCCCCC)OC(=O)CCCCCCCCC/C=C\CCCCCCCCC. The number of ether oxygens (including phenoxy) is 3. The smallest absolute Gasteiger partial charge is 0.309 e. The van der Waals surface area contributed by atoms with E-state index in [1.54, 1.807) is 6.08 Å². The van der Waals surface area contributed by atoms with Crippen LogP contribution in [0.5, 0.6) is 0 Å². The number of rotatable bonds is 51. The molecule has 0 aliphatic heterocycles. The van der Waals surface area contributed by atoms with Crippen LogP contribution in [-0.4, -0.2) is 37.2 Å². The molecule has 394 valence electrons. The van der Waals surface area contributed by atoms with Crippen molar-refractivity contribution in [2.75, 3.05) is 13.2 Å². The van der Waals surface area contributed by atoms with Gasteiger partial charge in [0, 0.05) is 12.8 Å². The summed E-state index contributed by atoms with van der Waals surface area (Å²) in [4.78, 5) is 38.1. The molecule has 0 N–H and O–H groups in total. The molecule has 0 aromatic rings. The quantitative estimate of drug-likeness (QED) is 0.0262. The van der Waals surface area contributed by atoms with Gasteiger partial charge in [0.1, 0.15) is 13.2 Å². The number of carbonyl (C=O) groups excluding carboxylic acids is 3. The van der Waals surface area contributed by atoms with Gasteiger partial charge < -0.3 is 14.2 Å². The predicted octanol–water partition coefficient (Wildman–Crippen LogP) is 19.3. The predicted molar refractivity (Wildman–Crippen MR) is 297 cm³/mol. The molecule has 0 heterocycles. The van der Waals surface area contributed by atoms with E-state index in [1.807, 2.05) is 6.08 Å². The second kappa shape index (κ2) is 56.9. The van der Waals surface area contributed by atoms with Crippen LogP contribution in [-0.2, 0) is 28.6 Å². The summed E-state index contributed by atoms with van der Waals surface area (Å²) in [6, 6.07) is 0. The Hall–Kier alpha value is -3.67. The van der Waals surface area contributed by atoms with Crippen LogP contribution in [0.2, 0.25) is 0 Å². The fraction of sp³-hybridized carbons (Fsp3) is 0.698. The van der Waals surface area contributed by atoms with Crippen LogP contribution >= 0.6 is 0 Å². The van der Waals surface area contributed by atoms with Crippen LogP contribution < -0.4 is 0 Å². The van der Waals surface area contributed by atoms with Gasteiger partial charge in [-0.3, -0.25) is 14.4 Å². The minimum absolute atomic E-state index is 0.113. The van der Waals surface area contributed by atoms with E-state index in [0.717, 1.165) is 83.5 Å². The molecule has 0 saturated heterocycles. The first kappa shape index (κ1) is 65.3. The standard InChI is InChI=1S/C63H106O6/c1-4-7-10-13-16-19-22-25-28-30-32-35-38-41-44-47-50-53-56-62(65)68-59-60(58-67-61(64)55-52-49-46-43-40-37-34-27-24-21-18-15-12-9-6-3)69-63(66)57-54-51-48-45-42-39-36-33-31-29-26-23-20-17-14-11-8-5-2/h9,12,18-19,21-22,27-31,34,40,43,49,52,60H,4-8,10-11,13-17,20,23-26,32-33,35-39,41-42,44-48,50-51,53-59H2,1-3H3/b12-9-,21-18-,22-19-,30-28-,31-29-,34-27-,43-40-,52-49-. The molecule has 1 unspecified atom stereocenters. The van der Waals surface area contributed by atoms with Gasteiger partial charge in [-0.25, -0.2) is 0 Å². The minimum atomic E-state index is -0.824. The van der Waals surface area contributed by atoms with Gasteiger partial charge in [-0.15, -0.1) is 0 Å². The van der Waals surface area contributed by atoms with Gasteiger partial charge in [0.05, 0.1) is 6.42 Å². The summed E-state index contributed by atoms with van der Waals surface area (Å²) < 4.78 is 16.8. The lowest BCUT2D eigenvalue weighted by Crippen LogP contribution is -2.30. The van der Waals surface area contributed by atoms with Gasteiger partial charge in [-0.05, 0) is 103 Å². The van der Waals surface area contributed by atoms with Gasteiger partial charge in [0.2, 0.25) is 0 Å². The molecular weight excluding hydrogens is 853 g/mol. The van der Waals surface area contributed by atoms with E-state index in [1.165, 1.54) is 141 Å². The Kier molecular flexibility index (Phi) is 53.9. The highest BCUT2D eigenvalue weighted by molar-refractivity contribution is 5.72. The highest BCUT2D eigenvalue weighted by Gasteiger charge is 2.19. The van der Waals surface area contributed by atoms with Crippen molar-refractivity contribution >= 4 is 17.9 Å². The maximum atomic E-state index is 12.9. The molecule has 0 aromatic carbocycles. The van der Waals surface area contributed by atoms with Gasteiger partial charge >= 0.3 is 17.9 Å². The molecule has 0 rings (SSSR count). The molecule has 6 nitrogen and oxygen atoms in total. The molecular formula is C63H106O6. The molecule has 0 bridgehead atoms. The van der Waals surface area contributed by atoms with Gasteiger partial charge in [-0.2, -0.15) is 0 Å². The Morgan fingerprint density at radius 3 is 1.04 bits per heavy atom. The molecule has 0 aromatic heterocycles. The van der Waals surface area contributed by atoms with Crippen LogP contribution in [0.15, 0.2) is 97.2 Å². The van der Waals surface area contributed by atoms with E-state index in [-0.39, 0.29) is 31.6 Å². The summed E-state index contributed by atoms with van der Waals surface area (Å²) in [7, 11) is 0. The lowest BCUT2D eigenvalue weighted by Gasteiger charge is -2.18. The molecule has 0 aliphatic rings. The Bertz CT molecular complexity index is 1380. The number of allylic oxidation sites excluding steroid dienone is 15. The zero-order valence-corrected chi connectivity index (χ0v) is 45.0. The summed E-state index contributed by atoms with van der Waals surface area (Å²) in [5.74, 6) is -1.06. The lowest BCUT2D eigenvalue weighted by molar-refractivity contribution is -0.166. The number of hydrogen-bond acceptors (Lipinski definition) is 6. The van der Waals surface area contributed by atoms with Crippen molar-refractivity contribution in [2.24, 2.45) is 0 Å². The largest absolute Gasteiger partial charge is 0.462 e. The molecule has 0 fully saturated rings. The molecule has 0 amide bonds. The molecule has 0 aliphatic carbocycles. The second-order valence-corrected chi connectivity index (χ2v) is 18.8. The molecule has 0 spiro atoms. The third-order valence-electron chi connectivity index (χ3n) is 12.1. The Morgan fingerprint density at radius 1 is 0.319 bits per heavy atom. The summed E-state index contributed by atoms with van der Waals surface area (Å²) in [6.45, 7) is 6.42. The molecule has 0 radical (unpaired) electrons. The topological polar surface area (TPSA) is 78.9 Å². The maximum Gasteiger partial charge on any atom is 0.309 e. The highest BCUT2D eigenvalue weighted by Crippen LogP contribution is 2.14. The zero-order valence-electron chi connectivity index (χ0n) is 45.0. The number of unbranched alkanes of at least 4 members (excludes halogenated alkanes) is 25. The van der Waals surface area contributed by atoms with Crippen LogP contribution in [0.25, 0.3) is 0 Å². The highest BCUT2D eigenvalue weighted by atomic mass is 16.6. The van der Waals surface area contributed by atoms with Crippen LogP contribution in [0.3, 0.4) is 0 Å². The Balaban J connectivity index is 4.50. The van der Waals surface area contributed by atoms with E-state index in [4.69, 9.17) is 14.2 Å². The average molecular weight is 960 g/mol. The van der Waals surface area contributed by atoms with E-state index >= 15 is 0 Å².